The van der Waals surface area contributed by atoms with Crippen molar-refractivity contribution in [3.05, 3.63) is 40.9 Å². The lowest BCUT2D eigenvalue weighted by Crippen LogP contribution is -2.15. The maximum absolute atomic E-state index is 13.2. The number of aryl methyl sites for hydroxylation is 1. The summed E-state index contributed by atoms with van der Waals surface area (Å²) in [6, 6.07) is 6.59. The van der Waals surface area contributed by atoms with Crippen molar-refractivity contribution in [2.75, 3.05) is 10.6 Å². The minimum absolute atomic E-state index is 0.0729. The smallest absolute Gasteiger partial charge is 0.141 e. The van der Waals surface area contributed by atoms with Crippen molar-refractivity contribution in [3.8, 4) is 0 Å². The molecule has 2 aromatic rings. The van der Waals surface area contributed by atoms with E-state index in [9.17, 15) is 4.39 Å². The molecule has 0 saturated carbocycles. The van der Waals surface area contributed by atoms with Crippen molar-refractivity contribution >= 4 is 28.9 Å². The fourth-order valence-electron chi connectivity index (χ4n) is 1.78. The predicted octanol–water partition coefficient (Wildman–Crippen LogP) is 4.53. The van der Waals surface area contributed by atoms with Crippen LogP contribution >= 0.6 is 11.6 Å². The molecule has 0 amide bonds. The van der Waals surface area contributed by atoms with E-state index in [1.54, 1.807) is 6.07 Å². The molecule has 0 aliphatic heterocycles. The average molecular weight is 309 g/mol. The van der Waals surface area contributed by atoms with E-state index in [1.165, 1.54) is 12.1 Å². The van der Waals surface area contributed by atoms with Crippen LogP contribution in [-0.4, -0.2) is 16.0 Å². The Morgan fingerprint density at radius 2 is 1.95 bits per heavy atom. The molecule has 112 valence electrons. The Bertz CT molecular complexity index is 633. The predicted molar refractivity (Wildman–Crippen MR) is 84.8 cm³/mol. The molecule has 1 unspecified atom stereocenters. The van der Waals surface area contributed by atoms with E-state index >= 15 is 0 Å². The van der Waals surface area contributed by atoms with Crippen molar-refractivity contribution in [2.24, 2.45) is 0 Å². The lowest BCUT2D eigenvalue weighted by molar-refractivity contribution is 0.628. The molecule has 4 nitrogen and oxygen atoms in total. The highest BCUT2D eigenvalue weighted by molar-refractivity contribution is 6.31. The van der Waals surface area contributed by atoms with E-state index in [4.69, 9.17) is 11.6 Å². The number of benzene rings is 1. The third kappa shape index (κ3) is 4.29. The van der Waals surface area contributed by atoms with E-state index in [0.717, 1.165) is 12.2 Å². The Kier molecular flexibility index (Phi) is 4.96. The summed E-state index contributed by atoms with van der Waals surface area (Å²) in [5.41, 5.74) is 0.675. The number of hydrogen-bond acceptors (Lipinski definition) is 4. The molecule has 0 aliphatic rings. The van der Waals surface area contributed by atoms with Crippen LogP contribution < -0.4 is 10.6 Å². The third-order valence-corrected chi connectivity index (χ3v) is 3.33. The summed E-state index contributed by atoms with van der Waals surface area (Å²) >= 11 is 5.77. The number of nitrogens with zero attached hydrogens (tertiary/aromatic N) is 2. The molecule has 0 radical (unpaired) electrons. The van der Waals surface area contributed by atoms with Gasteiger partial charge in [-0.05, 0) is 38.5 Å². The second kappa shape index (κ2) is 6.72. The number of nitrogens with one attached hydrogen (secondary N) is 2. The van der Waals surface area contributed by atoms with Gasteiger partial charge in [-0.25, -0.2) is 14.4 Å². The van der Waals surface area contributed by atoms with Gasteiger partial charge < -0.3 is 10.6 Å². The van der Waals surface area contributed by atoms with Crippen molar-refractivity contribution in [1.29, 1.82) is 0 Å². The van der Waals surface area contributed by atoms with E-state index in [-0.39, 0.29) is 5.02 Å². The zero-order valence-electron chi connectivity index (χ0n) is 12.2. The van der Waals surface area contributed by atoms with E-state index in [1.807, 2.05) is 13.0 Å². The SMILES string of the molecule is CCC(C)Nc1cc(Nc2ccc(F)c(Cl)c2)nc(C)n1. The highest BCUT2D eigenvalue weighted by atomic mass is 35.5. The summed E-state index contributed by atoms with van der Waals surface area (Å²) < 4.78 is 13.2. The Morgan fingerprint density at radius 3 is 2.62 bits per heavy atom. The lowest BCUT2D eigenvalue weighted by Gasteiger charge is -2.14. The van der Waals surface area contributed by atoms with Crippen LogP contribution in [0.2, 0.25) is 5.02 Å². The van der Waals surface area contributed by atoms with Gasteiger partial charge in [0.05, 0.1) is 5.02 Å². The molecule has 2 rings (SSSR count). The van der Waals surface area contributed by atoms with Gasteiger partial charge in [0, 0.05) is 17.8 Å². The van der Waals surface area contributed by atoms with Crippen molar-refractivity contribution in [3.63, 3.8) is 0 Å². The first-order chi connectivity index (χ1) is 9.97. The summed E-state index contributed by atoms with van der Waals surface area (Å²) in [5, 5.41) is 6.48. The molecule has 0 bridgehead atoms. The molecular formula is C15H18ClFN4. The minimum Gasteiger partial charge on any atom is -0.367 e. The Morgan fingerprint density at radius 1 is 1.24 bits per heavy atom. The van der Waals surface area contributed by atoms with Crippen LogP contribution in [0.15, 0.2) is 24.3 Å². The van der Waals surface area contributed by atoms with Gasteiger partial charge in [-0.15, -0.1) is 0 Å². The zero-order valence-corrected chi connectivity index (χ0v) is 13.0. The van der Waals surface area contributed by atoms with Crippen molar-refractivity contribution in [1.82, 2.24) is 9.97 Å². The maximum Gasteiger partial charge on any atom is 0.141 e. The summed E-state index contributed by atoms with van der Waals surface area (Å²) in [7, 11) is 0. The standard InChI is InChI=1S/C15H18ClFN4/c1-4-9(2)18-14-8-15(20-10(3)19-14)21-11-5-6-13(17)12(16)7-11/h5-9H,4H2,1-3H3,(H2,18,19,20,21). The zero-order chi connectivity index (χ0) is 15.4. The lowest BCUT2D eigenvalue weighted by atomic mass is 10.2. The second-order valence-electron chi connectivity index (χ2n) is 4.89. The normalized spacial score (nSPS) is 12.0. The van der Waals surface area contributed by atoms with Gasteiger partial charge in [0.1, 0.15) is 23.3 Å². The molecule has 6 heteroatoms. The van der Waals surface area contributed by atoms with Crippen LogP contribution in [0.5, 0.6) is 0 Å². The largest absolute Gasteiger partial charge is 0.367 e. The Balaban J connectivity index is 2.21. The van der Waals surface area contributed by atoms with Gasteiger partial charge >= 0.3 is 0 Å². The van der Waals surface area contributed by atoms with Gasteiger partial charge in [-0.3, -0.25) is 0 Å². The highest BCUT2D eigenvalue weighted by Gasteiger charge is 2.06. The van der Waals surface area contributed by atoms with Gasteiger partial charge in [0.25, 0.3) is 0 Å². The molecule has 1 aromatic carbocycles. The first kappa shape index (κ1) is 15.5. The van der Waals surface area contributed by atoms with E-state index < -0.39 is 5.82 Å². The van der Waals surface area contributed by atoms with Gasteiger partial charge in [0.15, 0.2) is 0 Å². The molecule has 1 heterocycles. The first-order valence-corrected chi connectivity index (χ1v) is 7.20. The molecule has 1 atom stereocenters. The number of aromatic nitrogens is 2. The van der Waals surface area contributed by atoms with E-state index in [0.29, 0.717) is 23.4 Å². The Hall–Kier alpha value is -1.88. The topological polar surface area (TPSA) is 49.8 Å². The van der Waals surface area contributed by atoms with Crippen molar-refractivity contribution < 1.29 is 4.39 Å². The summed E-state index contributed by atoms with van der Waals surface area (Å²) in [6.45, 7) is 6.01. The minimum atomic E-state index is -0.444. The molecule has 0 saturated heterocycles. The van der Waals surface area contributed by atoms with Crippen LogP contribution in [-0.2, 0) is 0 Å². The van der Waals surface area contributed by atoms with Gasteiger partial charge in [-0.2, -0.15) is 0 Å². The van der Waals surface area contributed by atoms with Gasteiger partial charge in [-0.1, -0.05) is 18.5 Å². The molecule has 0 fully saturated rings. The van der Waals surface area contributed by atoms with Crippen molar-refractivity contribution in [2.45, 2.75) is 33.2 Å². The molecule has 0 spiro atoms. The van der Waals surface area contributed by atoms with Crippen LogP contribution in [0.25, 0.3) is 0 Å². The average Bonchev–Trinajstić information content (AvgIpc) is 2.42. The molecular weight excluding hydrogens is 291 g/mol. The Labute approximate surface area is 128 Å². The summed E-state index contributed by atoms with van der Waals surface area (Å²) in [5.74, 6) is 1.60. The molecule has 0 aliphatic carbocycles. The molecule has 21 heavy (non-hydrogen) atoms. The molecule has 2 N–H and O–H groups in total. The molecule has 1 aromatic heterocycles. The quantitative estimate of drug-likeness (QED) is 0.852. The first-order valence-electron chi connectivity index (χ1n) is 6.82. The van der Waals surface area contributed by atoms with Crippen LogP contribution in [0, 0.1) is 12.7 Å². The highest BCUT2D eigenvalue weighted by Crippen LogP contribution is 2.23. The summed E-state index contributed by atoms with van der Waals surface area (Å²) in [4.78, 5) is 8.66. The second-order valence-corrected chi connectivity index (χ2v) is 5.30. The third-order valence-electron chi connectivity index (χ3n) is 3.04. The monoisotopic (exact) mass is 308 g/mol. The fraction of sp³-hybridized carbons (Fsp3) is 0.333. The number of halogens is 2. The fourth-order valence-corrected chi connectivity index (χ4v) is 1.96. The summed E-state index contributed by atoms with van der Waals surface area (Å²) in [6.07, 6.45) is 0.999. The van der Waals surface area contributed by atoms with Crippen LogP contribution in [0.1, 0.15) is 26.1 Å². The van der Waals surface area contributed by atoms with Crippen LogP contribution in [0.4, 0.5) is 21.7 Å². The number of rotatable bonds is 5. The number of anilines is 3. The maximum atomic E-state index is 13.2. The van der Waals surface area contributed by atoms with E-state index in [2.05, 4.69) is 34.4 Å². The van der Waals surface area contributed by atoms with Gasteiger partial charge in [0.2, 0.25) is 0 Å². The van der Waals surface area contributed by atoms with Crippen LogP contribution in [0.3, 0.4) is 0 Å². The number of hydrogen-bond donors (Lipinski definition) is 2.